The second-order valence-electron chi connectivity index (χ2n) is 17.6. The number of hydrogen-bond acceptors (Lipinski definition) is 1. The van der Waals surface area contributed by atoms with E-state index in [9.17, 15) is 4.21 Å². The molecule has 9 aromatic rings. The molecule has 0 spiro atoms. The van der Waals surface area contributed by atoms with Crippen molar-refractivity contribution in [3.05, 3.63) is 208 Å². The molecule has 8 aromatic carbocycles. The summed E-state index contributed by atoms with van der Waals surface area (Å²) in [6.07, 6.45) is 2.85. The van der Waals surface area contributed by atoms with E-state index in [1.54, 1.807) is 0 Å². The average Bonchev–Trinajstić information content (AvgIpc) is 3.81. The van der Waals surface area contributed by atoms with E-state index in [1.165, 1.54) is 72.1 Å². The topological polar surface area (TPSA) is 22.0 Å². The lowest BCUT2D eigenvalue weighted by molar-refractivity contribution is 0.659. The third-order valence-corrected chi connectivity index (χ3v) is 15.0. The van der Waals surface area contributed by atoms with Crippen molar-refractivity contribution in [3.8, 4) is 39.1 Å². The molecular weight excluding hydrogens is 747 g/mol. The van der Waals surface area contributed by atoms with Crippen molar-refractivity contribution < 1.29 is 4.21 Å². The lowest BCUT2D eigenvalue weighted by Gasteiger charge is -2.22. The predicted molar refractivity (Wildman–Crippen MR) is 251 cm³/mol. The molecule has 1 aliphatic heterocycles. The maximum atomic E-state index is 13.6. The van der Waals surface area contributed by atoms with Gasteiger partial charge in [0, 0.05) is 27.4 Å². The highest BCUT2D eigenvalue weighted by Gasteiger charge is 2.37. The summed E-state index contributed by atoms with van der Waals surface area (Å²) < 4.78 is 16.0. The van der Waals surface area contributed by atoms with Crippen LogP contribution in [0.3, 0.4) is 0 Å². The third kappa shape index (κ3) is 5.78. The minimum absolute atomic E-state index is 0.00263. The van der Waals surface area contributed by atoms with E-state index in [0.29, 0.717) is 0 Å². The first kappa shape index (κ1) is 36.8. The molecule has 0 saturated carbocycles. The molecular formula is C57H47NOS. The first-order valence-corrected chi connectivity index (χ1v) is 22.4. The molecule has 0 saturated heterocycles. The Labute approximate surface area is 355 Å². The molecule has 1 unspecified atom stereocenters. The van der Waals surface area contributed by atoms with Gasteiger partial charge in [-0.15, -0.1) is 0 Å². The quantitative estimate of drug-likeness (QED) is 0.158. The van der Waals surface area contributed by atoms with E-state index in [-0.39, 0.29) is 5.41 Å². The van der Waals surface area contributed by atoms with Gasteiger partial charge in [0.1, 0.15) is 0 Å². The van der Waals surface area contributed by atoms with Crippen LogP contribution < -0.4 is 0 Å². The summed E-state index contributed by atoms with van der Waals surface area (Å²) in [5.41, 5.74) is 23.1. The molecule has 1 aromatic heterocycles. The number of aromatic nitrogens is 1. The van der Waals surface area contributed by atoms with Crippen LogP contribution in [-0.4, -0.2) is 8.78 Å². The zero-order valence-corrected chi connectivity index (χ0v) is 35.7. The number of nitrogens with zero attached hydrogens (tertiary/aromatic N) is 1. The van der Waals surface area contributed by atoms with E-state index in [4.69, 9.17) is 0 Å². The molecule has 0 amide bonds. The molecule has 11 rings (SSSR count). The minimum Gasteiger partial charge on any atom is -0.309 e. The first-order valence-electron chi connectivity index (χ1n) is 21.2. The fourth-order valence-electron chi connectivity index (χ4n) is 10.3. The lowest BCUT2D eigenvalue weighted by atomic mass is 9.81. The molecule has 0 N–H and O–H groups in total. The summed E-state index contributed by atoms with van der Waals surface area (Å²) >= 11 is 0. The van der Waals surface area contributed by atoms with Gasteiger partial charge in [0.05, 0.1) is 31.6 Å². The van der Waals surface area contributed by atoms with Gasteiger partial charge in [-0.25, -0.2) is 4.21 Å². The van der Waals surface area contributed by atoms with E-state index in [1.807, 2.05) is 0 Å². The lowest BCUT2D eigenvalue weighted by Crippen LogP contribution is -2.15. The molecule has 0 bridgehead atoms. The van der Waals surface area contributed by atoms with Crippen LogP contribution in [0.15, 0.2) is 168 Å². The largest absolute Gasteiger partial charge is 0.309 e. The van der Waals surface area contributed by atoms with Crippen molar-refractivity contribution in [3.63, 3.8) is 0 Å². The molecule has 0 radical (unpaired) electrons. The molecule has 1 aliphatic carbocycles. The van der Waals surface area contributed by atoms with E-state index >= 15 is 0 Å². The van der Waals surface area contributed by atoms with Crippen LogP contribution in [0.25, 0.3) is 60.9 Å². The van der Waals surface area contributed by atoms with Crippen LogP contribution in [-0.2, 0) is 35.5 Å². The van der Waals surface area contributed by atoms with Gasteiger partial charge < -0.3 is 4.57 Å². The van der Waals surface area contributed by atoms with Gasteiger partial charge in [0.25, 0.3) is 0 Å². The second-order valence-corrected chi connectivity index (χ2v) is 19.1. The van der Waals surface area contributed by atoms with Crippen molar-refractivity contribution in [1.29, 1.82) is 0 Å². The standard InChI is InChI=1S/C57H47NOS/c1-35-15-27-47-51(30-35)57(4,5)50-29-28-43(37(3)56(47)50)44-11-7-6-10-41(44)32-40-20-18-38(19-21-40)16-17-39-22-24-42(25-23-39)58-52-13-9-8-12-45(52)48-34-55-49(33-53(48)58)46-26-14-36(2)31-54(46)60(55)59/h6-15,18-31,33-34H,16-17,32H2,1-5H3. The highest BCUT2D eigenvalue weighted by molar-refractivity contribution is 7.85. The van der Waals surface area contributed by atoms with Crippen LogP contribution in [0.4, 0.5) is 0 Å². The maximum absolute atomic E-state index is 13.6. The fraction of sp³-hybridized carbons (Fsp3) is 0.158. The Bertz CT molecular complexity index is 3240. The van der Waals surface area contributed by atoms with E-state index in [0.717, 1.165) is 67.9 Å². The smallest absolute Gasteiger partial charge is 0.0862 e. The number of rotatable bonds is 7. The van der Waals surface area contributed by atoms with Crippen LogP contribution >= 0.6 is 0 Å². The predicted octanol–water partition coefficient (Wildman–Crippen LogP) is 14.2. The normalized spacial score (nSPS) is 14.7. The number of aryl methyl sites for hydroxylation is 4. The van der Waals surface area contributed by atoms with Crippen molar-refractivity contribution in [2.24, 2.45) is 0 Å². The SMILES string of the molecule is Cc1ccc2c(c1)S(=O)c1cc3c4ccccc4n(-c4ccc(CCc5ccc(Cc6ccccc6-c6ccc7c(c6C)-c6ccc(C)cc6C7(C)C)cc5)cc4)c3cc1-2. The zero-order valence-electron chi connectivity index (χ0n) is 34.9. The maximum Gasteiger partial charge on any atom is 0.0862 e. The Morgan fingerprint density at radius 2 is 1.13 bits per heavy atom. The van der Waals surface area contributed by atoms with Crippen LogP contribution in [0.2, 0.25) is 0 Å². The Hall–Kier alpha value is -6.29. The number of para-hydroxylation sites is 1. The number of fused-ring (bicyclic) bond motifs is 9. The van der Waals surface area contributed by atoms with Crippen molar-refractivity contribution >= 4 is 32.6 Å². The molecule has 3 heteroatoms. The summed E-state index contributed by atoms with van der Waals surface area (Å²) in [5.74, 6) is 0. The fourth-order valence-corrected chi connectivity index (χ4v) is 11.8. The third-order valence-electron chi connectivity index (χ3n) is 13.5. The monoisotopic (exact) mass is 793 g/mol. The van der Waals surface area contributed by atoms with Gasteiger partial charge in [-0.2, -0.15) is 0 Å². The molecule has 60 heavy (non-hydrogen) atoms. The zero-order chi connectivity index (χ0) is 40.9. The van der Waals surface area contributed by atoms with Crippen LogP contribution in [0.1, 0.15) is 63.9 Å². The van der Waals surface area contributed by atoms with Gasteiger partial charge in [-0.1, -0.05) is 141 Å². The van der Waals surface area contributed by atoms with Gasteiger partial charge in [0.2, 0.25) is 0 Å². The summed E-state index contributed by atoms with van der Waals surface area (Å²) in [7, 11) is -1.18. The van der Waals surface area contributed by atoms with Crippen molar-refractivity contribution in [1.82, 2.24) is 4.57 Å². The van der Waals surface area contributed by atoms with Crippen molar-refractivity contribution in [2.45, 2.75) is 69.1 Å². The van der Waals surface area contributed by atoms with Crippen LogP contribution in [0.5, 0.6) is 0 Å². The number of hydrogen-bond donors (Lipinski definition) is 0. The molecule has 2 heterocycles. The Kier molecular flexibility index (Phi) is 8.51. The van der Waals surface area contributed by atoms with E-state index < -0.39 is 10.8 Å². The van der Waals surface area contributed by atoms with Crippen LogP contribution in [0, 0.1) is 20.8 Å². The molecule has 1 atom stereocenters. The average molecular weight is 794 g/mol. The van der Waals surface area contributed by atoms with Gasteiger partial charge >= 0.3 is 0 Å². The Balaban J connectivity index is 0.826. The Morgan fingerprint density at radius 1 is 0.500 bits per heavy atom. The highest BCUT2D eigenvalue weighted by Crippen LogP contribution is 2.52. The van der Waals surface area contributed by atoms with Gasteiger partial charge in [0.15, 0.2) is 0 Å². The van der Waals surface area contributed by atoms with Gasteiger partial charge in [-0.3, -0.25) is 0 Å². The first-order chi connectivity index (χ1) is 29.1. The van der Waals surface area contributed by atoms with E-state index in [2.05, 4.69) is 197 Å². The van der Waals surface area contributed by atoms with Gasteiger partial charge in [-0.05, 0) is 149 Å². The summed E-state index contributed by atoms with van der Waals surface area (Å²) in [6.45, 7) is 11.3. The van der Waals surface area contributed by atoms with Crippen molar-refractivity contribution in [2.75, 3.05) is 0 Å². The Morgan fingerprint density at radius 3 is 1.92 bits per heavy atom. The molecule has 2 nitrogen and oxygen atoms in total. The number of benzene rings is 8. The molecule has 0 fully saturated rings. The minimum atomic E-state index is -1.18. The summed E-state index contributed by atoms with van der Waals surface area (Å²) in [4.78, 5) is 1.83. The summed E-state index contributed by atoms with van der Waals surface area (Å²) in [6, 6.07) is 58.4. The molecule has 2 aliphatic rings. The second kappa shape index (κ2) is 13.9. The highest BCUT2D eigenvalue weighted by atomic mass is 32.2. The summed E-state index contributed by atoms with van der Waals surface area (Å²) in [5, 5.41) is 2.32. The molecule has 292 valence electrons.